The van der Waals surface area contributed by atoms with Crippen molar-refractivity contribution in [2.75, 3.05) is 17.6 Å². The maximum atomic E-state index is 8.76. The molecule has 0 fully saturated rings. The van der Waals surface area contributed by atoms with Gasteiger partial charge in [0.05, 0.1) is 5.69 Å². The van der Waals surface area contributed by atoms with Crippen LogP contribution in [0.2, 0.25) is 0 Å². The predicted octanol–water partition coefficient (Wildman–Crippen LogP) is 2.53. The molecule has 0 aliphatic rings. The highest BCUT2D eigenvalue weighted by molar-refractivity contribution is 5.54. The number of unbranched alkanes of at least 4 members (excludes halogenated alkanes) is 3. The van der Waals surface area contributed by atoms with Gasteiger partial charge in [0.25, 0.3) is 0 Å². The molecule has 1 aromatic rings. The van der Waals surface area contributed by atoms with Crippen LogP contribution in [0.5, 0.6) is 0 Å². The van der Waals surface area contributed by atoms with Gasteiger partial charge in [0.15, 0.2) is 5.69 Å². The van der Waals surface area contributed by atoms with Crippen molar-refractivity contribution in [3.63, 3.8) is 0 Å². The third-order valence-electron chi connectivity index (χ3n) is 2.37. The number of nitriles is 1. The normalized spacial score (nSPS) is 9.75. The van der Waals surface area contributed by atoms with Crippen LogP contribution >= 0.6 is 0 Å². The van der Waals surface area contributed by atoms with E-state index in [0.717, 1.165) is 18.8 Å². The molecule has 0 aliphatic carbocycles. The molecule has 3 N–H and O–H groups in total. The summed E-state index contributed by atoms with van der Waals surface area (Å²) in [6, 6.07) is 5.48. The molecular formula is C12H18N4. The van der Waals surface area contributed by atoms with Crippen LogP contribution in [0.4, 0.5) is 11.5 Å². The Bertz CT molecular complexity index is 368. The monoisotopic (exact) mass is 218 g/mol. The minimum Gasteiger partial charge on any atom is -0.396 e. The van der Waals surface area contributed by atoms with Crippen LogP contribution in [0.3, 0.4) is 0 Å². The first-order valence-corrected chi connectivity index (χ1v) is 5.68. The van der Waals surface area contributed by atoms with Crippen LogP contribution in [0.15, 0.2) is 12.1 Å². The average molecular weight is 218 g/mol. The van der Waals surface area contributed by atoms with Gasteiger partial charge in [-0.25, -0.2) is 4.98 Å². The Morgan fingerprint density at radius 3 is 2.88 bits per heavy atom. The molecule has 0 atom stereocenters. The van der Waals surface area contributed by atoms with Crippen molar-refractivity contribution in [1.29, 1.82) is 5.26 Å². The maximum Gasteiger partial charge on any atom is 0.165 e. The molecule has 1 rings (SSSR count). The van der Waals surface area contributed by atoms with Crippen LogP contribution in [0.1, 0.15) is 38.3 Å². The second-order valence-corrected chi connectivity index (χ2v) is 3.73. The minimum absolute atomic E-state index is 0.290. The van der Waals surface area contributed by atoms with Gasteiger partial charge < -0.3 is 11.1 Å². The zero-order valence-electron chi connectivity index (χ0n) is 9.66. The van der Waals surface area contributed by atoms with E-state index in [1.165, 1.54) is 19.3 Å². The van der Waals surface area contributed by atoms with Crippen molar-refractivity contribution < 1.29 is 0 Å². The first-order valence-electron chi connectivity index (χ1n) is 5.68. The quantitative estimate of drug-likeness (QED) is 0.719. The Balaban J connectivity index is 2.40. The van der Waals surface area contributed by atoms with Crippen LogP contribution in [-0.4, -0.2) is 11.5 Å². The largest absolute Gasteiger partial charge is 0.396 e. The number of aromatic nitrogens is 1. The molecule has 0 amide bonds. The highest BCUT2D eigenvalue weighted by Crippen LogP contribution is 2.12. The minimum atomic E-state index is 0.290. The Hall–Kier alpha value is -1.76. The number of nitrogens with two attached hydrogens (primary N) is 1. The third-order valence-corrected chi connectivity index (χ3v) is 2.37. The lowest BCUT2D eigenvalue weighted by Crippen LogP contribution is -2.05. The van der Waals surface area contributed by atoms with Crippen molar-refractivity contribution in [3.8, 4) is 6.07 Å². The van der Waals surface area contributed by atoms with E-state index in [-0.39, 0.29) is 0 Å². The molecule has 16 heavy (non-hydrogen) atoms. The van der Waals surface area contributed by atoms with Gasteiger partial charge in [-0.15, -0.1) is 0 Å². The fourth-order valence-corrected chi connectivity index (χ4v) is 1.43. The van der Waals surface area contributed by atoms with Gasteiger partial charge in [-0.05, 0) is 18.6 Å². The summed E-state index contributed by atoms with van der Waals surface area (Å²) in [4.78, 5) is 4.11. The summed E-state index contributed by atoms with van der Waals surface area (Å²) in [5, 5.41) is 12.0. The summed E-state index contributed by atoms with van der Waals surface area (Å²) in [7, 11) is 0. The zero-order chi connectivity index (χ0) is 11.8. The Kier molecular flexibility index (Phi) is 5.13. The average Bonchev–Trinajstić information content (AvgIpc) is 2.31. The highest BCUT2D eigenvalue weighted by atomic mass is 15.0. The predicted molar refractivity (Wildman–Crippen MR) is 66.0 cm³/mol. The summed E-state index contributed by atoms with van der Waals surface area (Å²) in [6.07, 6.45) is 4.85. The summed E-state index contributed by atoms with van der Waals surface area (Å²) in [5.74, 6) is 0.724. The number of hydrogen-bond donors (Lipinski definition) is 2. The molecular weight excluding hydrogens is 200 g/mol. The van der Waals surface area contributed by atoms with Crippen molar-refractivity contribution >= 4 is 11.5 Å². The van der Waals surface area contributed by atoms with Crippen molar-refractivity contribution in [3.05, 3.63) is 17.8 Å². The van der Waals surface area contributed by atoms with Crippen LogP contribution in [0, 0.1) is 11.3 Å². The molecule has 1 aromatic heterocycles. The van der Waals surface area contributed by atoms with Gasteiger partial charge in [0, 0.05) is 6.54 Å². The van der Waals surface area contributed by atoms with Gasteiger partial charge in [0.2, 0.25) is 0 Å². The molecule has 0 saturated heterocycles. The third kappa shape index (κ3) is 3.77. The SMILES string of the molecule is CCCCCCNc1ccc(N)c(C#N)n1. The number of anilines is 2. The van der Waals surface area contributed by atoms with E-state index in [1.54, 1.807) is 12.1 Å². The number of nitrogen functional groups attached to an aromatic ring is 1. The molecule has 0 bridgehead atoms. The molecule has 1 heterocycles. The summed E-state index contributed by atoms with van der Waals surface area (Å²) in [6.45, 7) is 3.08. The van der Waals surface area contributed by atoms with E-state index >= 15 is 0 Å². The number of nitrogens with zero attached hydrogens (tertiary/aromatic N) is 2. The second-order valence-electron chi connectivity index (χ2n) is 3.73. The van der Waals surface area contributed by atoms with Crippen molar-refractivity contribution in [2.24, 2.45) is 0 Å². The van der Waals surface area contributed by atoms with E-state index in [0.29, 0.717) is 11.4 Å². The first-order chi connectivity index (χ1) is 7.77. The van der Waals surface area contributed by atoms with Crippen molar-refractivity contribution in [2.45, 2.75) is 32.6 Å². The summed E-state index contributed by atoms with van der Waals surface area (Å²) < 4.78 is 0. The number of rotatable bonds is 6. The van der Waals surface area contributed by atoms with Gasteiger partial charge in [0.1, 0.15) is 11.9 Å². The lowest BCUT2D eigenvalue weighted by molar-refractivity contribution is 0.684. The lowest BCUT2D eigenvalue weighted by atomic mass is 10.2. The molecule has 4 nitrogen and oxygen atoms in total. The van der Waals surface area contributed by atoms with Crippen LogP contribution in [-0.2, 0) is 0 Å². The topological polar surface area (TPSA) is 74.7 Å². The fraction of sp³-hybridized carbons (Fsp3) is 0.500. The van der Waals surface area contributed by atoms with Gasteiger partial charge in [-0.3, -0.25) is 0 Å². The standard InChI is InChI=1S/C12H18N4/c1-2-3-4-5-8-15-12-7-6-10(14)11(9-13)16-12/h6-7H,2-5,8,14H2,1H3,(H,15,16). The van der Waals surface area contributed by atoms with Gasteiger partial charge in [-0.1, -0.05) is 26.2 Å². The molecule has 0 aromatic carbocycles. The molecule has 0 saturated carbocycles. The number of nitrogens with one attached hydrogen (secondary N) is 1. The number of hydrogen-bond acceptors (Lipinski definition) is 4. The van der Waals surface area contributed by atoms with Crippen LogP contribution in [0.25, 0.3) is 0 Å². The Morgan fingerprint density at radius 2 is 2.19 bits per heavy atom. The number of pyridine rings is 1. The molecule has 4 heteroatoms. The van der Waals surface area contributed by atoms with Crippen LogP contribution < -0.4 is 11.1 Å². The smallest absolute Gasteiger partial charge is 0.165 e. The molecule has 0 spiro atoms. The second kappa shape index (κ2) is 6.67. The molecule has 0 radical (unpaired) electrons. The summed E-state index contributed by atoms with van der Waals surface area (Å²) >= 11 is 0. The molecule has 86 valence electrons. The van der Waals surface area contributed by atoms with E-state index in [9.17, 15) is 0 Å². The first kappa shape index (κ1) is 12.3. The van der Waals surface area contributed by atoms with E-state index in [4.69, 9.17) is 11.0 Å². The Labute approximate surface area is 96.5 Å². The Morgan fingerprint density at radius 1 is 1.38 bits per heavy atom. The molecule has 0 aliphatic heterocycles. The zero-order valence-corrected chi connectivity index (χ0v) is 9.66. The molecule has 0 unspecified atom stereocenters. The maximum absolute atomic E-state index is 8.76. The van der Waals surface area contributed by atoms with Crippen molar-refractivity contribution in [1.82, 2.24) is 4.98 Å². The van der Waals surface area contributed by atoms with E-state index in [1.807, 2.05) is 6.07 Å². The van der Waals surface area contributed by atoms with Gasteiger partial charge >= 0.3 is 0 Å². The summed E-state index contributed by atoms with van der Waals surface area (Å²) in [5.41, 5.74) is 6.30. The van der Waals surface area contributed by atoms with Gasteiger partial charge in [-0.2, -0.15) is 5.26 Å². The lowest BCUT2D eigenvalue weighted by Gasteiger charge is -2.06. The fourth-order valence-electron chi connectivity index (χ4n) is 1.43. The highest BCUT2D eigenvalue weighted by Gasteiger charge is 2.00. The van der Waals surface area contributed by atoms with E-state index < -0.39 is 0 Å². The van der Waals surface area contributed by atoms with E-state index in [2.05, 4.69) is 17.2 Å².